The summed E-state index contributed by atoms with van der Waals surface area (Å²) < 4.78 is 27.8. The van der Waals surface area contributed by atoms with Crippen LogP contribution in [-0.4, -0.2) is 34.0 Å². The van der Waals surface area contributed by atoms with E-state index in [0.717, 1.165) is 5.56 Å². The molecule has 0 aliphatic heterocycles. The summed E-state index contributed by atoms with van der Waals surface area (Å²) in [7, 11) is 0.243. The molecule has 1 N–H and O–H groups in total. The molecule has 0 heterocycles. The van der Waals surface area contributed by atoms with Crippen molar-refractivity contribution in [2.24, 2.45) is 0 Å². The SMILES string of the molecule is Cc1ccc(Cl)cc1S(=O)(=O)NC[C@@H](c1ccccc1)N(C)C. The van der Waals surface area contributed by atoms with Crippen LogP contribution in [0.25, 0.3) is 0 Å². The van der Waals surface area contributed by atoms with Crippen molar-refractivity contribution < 1.29 is 8.42 Å². The number of rotatable bonds is 6. The van der Waals surface area contributed by atoms with Gasteiger partial charge in [0.1, 0.15) is 0 Å². The highest BCUT2D eigenvalue weighted by Gasteiger charge is 2.21. The van der Waals surface area contributed by atoms with Gasteiger partial charge in [-0.25, -0.2) is 13.1 Å². The third kappa shape index (κ3) is 4.54. The standard InChI is InChI=1S/C17H21ClN2O2S/c1-13-9-10-15(18)11-17(13)23(21,22)19-12-16(20(2)3)14-7-5-4-6-8-14/h4-11,16,19H,12H2,1-3H3/t16-/m0/s1. The molecule has 0 bridgehead atoms. The zero-order chi connectivity index (χ0) is 17.0. The van der Waals surface area contributed by atoms with Gasteiger partial charge in [-0.3, -0.25) is 0 Å². The number of likely N-dealkylation sites (N-methyl/N-ethyl adjacent to an activating group) is 1. The predicted octanol–water partition coefficient (Wildman–Crippen LogP) is 3.23. The van der Waals surface area contributed by atoms with Crippen LogP contribution in [0.1, 0.15) is 17.2 Å². The molecule has 0 radical (unpaired) electrons. The van der Waals surface area contributed by atoms with Crippen LogP contribution < -0.4 is 4.72 Å². The van der Waals surface area contributed by atoms with Gasteiger partial charge in [-0.05, 0) is 44.3 Å². The molecule has 2 aromatic carbocycles. The lowest BCUT2D eigenvalue weighted by Gasteiger charge is -2.25. The van der Waals surface area contributed by atoms with E-state index in [1.807, 2.05) is 49.3 Å². The Balaban J connectivity index is 2.22. The first-order valence-electron chi connectivity index (χ1n) is 7.28. The van der Waals surface area contributed by atoms with Gasteiger partial charge >= 0.3 is 0 Å². The first-order chi connectivity index (χ1) is 10.8. The van der Waals surface area contributed by atoms with Crippen molar-refractivity contribution in [2.45, 2.75) is 17.9 Å². The normalized spacial score (nSPS) is 13.3. The van der Waals surface area contributed by atoms with Crippen LogP contribution in [0, 0.1) is 6.92 Å². The molecule has 4 nitrogen and oxygen atoms in total. The lowest BCUT2D eigenvalue weighted by Crippen LogP contribution is -2.34. The van der Waals surface area contributed by atoms with Crippen LogP contribution in [0.5, 0.6) is 0 Å². The van der Waals surface area contributed by atoms with E-state index in [1.165, 1.54) is 6.07 Å². The van der Waals surface area contributed by atoms with Crippen molar-refractivity contribution >= 4 is 21.6 Å². The smallest absolute Gasteiger partial charge is 0.240 e. The molecule has 124 valence electrons. The van der Waals surface area contributed by atoms with Crippen molar-refractivity contribution in [3.63, 3.8) is 0 Å². The predicted molar refractivity (Wildman–Crippen MR) is 94.2 cm³/mol. The van der Waals surface area contributed by atoms with Gasteiger partial charge in [0.05, 0.1) is 4.90 Å². The summed E-state index contributed by atoms with van der Waals surface area (Å²) in [5, 5.41) is 0.406. The van der Waals surface area contributed by atoms with Crippen molar-refractivity contribution in [1.29, 1.82) is 0 Å². The Morgan fingerprint density at radius 2 is 1.78 bits per heavy atom. The molecule has 0 aliphatic rings. The van der Waals surface area contributed by atoms with E-state index in [9.17, 15) is 8.42 Å². The monoisotopic (exact) mass is 352 g/mol. The van der Waals surface area contributed by atoms with Gasteiger partial charge in [-0.2, -0.15) is 0 Å². The molecular formula is C17H21ClN2O2S. The van der Waals surface area contributed by atoms with Crippen molar-refractivity contribution in [3.05, 3.63) is 64.7 Å². The fourth-order valence-electron chi connectivity index (χ4n) is 2.40. The molecule has 0 saturated heterocycles. The molecule has 0 saturated carbocycles. The summed E-state index contributed by atoms with van der Waals surface area (Å²) in [6.45, 7) is 2.04. The topological polar surface area (TPSA) is 49.4 Å². The quantitative estimate of drug-likeness (QED) is 0.868. The second kappa shape index (κ2) is 7.45. The number of aryl methyl sites for hydroxylation is 1. The minimum atomic E-state index is -3.61. The molecule has 0 aromatic heterocycles. The summed E-state index contributed by atoms with van der Waals surface area (Å²) in [4.78, 5) is 2.21. The molecule has 2 rings (SSSR count). The van der Waals surface area contributed by atoms with E-state index in [1.54, 1.807) is 19.1 Å². The average molecular weight is 353 g/mol. The van der Waals surface area contributed by atoms with Gasteiger partial charge in [0.25, 0.3) is 0 Å². The Labute approximate surface area is 143 Å². The highest BCUT2D eigenvalue weighted by atomic mass is 35.5. The number of sulfonamides is 1. The highest BCUT2D eigenvalue weighted by Crippen LogP contribution is 2.22. The van der Waals surface area contributed by atoms with E-state index in [0.29, 0.717) is 10.6 Å². The number of hydrogen-bond donors (Lipinski definition) is 1. The Morgan fingerprint density at radius 3 is 2.39 bits per heavy atom. The molecular weight excluding hydrogens is 332 g/mol. The summed E-state index contributed by atoms with van der Waals surface area (Å²) in [6.07, 6.45) is 0. The van der Waals surface area contributed by atoms with Crippen LogP contribution in [-0.2, 0) is 10.0 Å². The maximum atomic E-state index is 12.6. The average Bonchev–Trinajstić information content (AvgIpc) is 2.50. The second-order valence-electron chi connectivity index (χ2n) is 5.65. The van der Waals surface area contributed by atoms with Crippen LogP contribution in [0.3, 0.4) is 0 Å². The molecule has 2 aromatic rings. The molecule has 23 heavy (non-hydrogen) atoms. The van der Waals surface area contributed by atoms with E-state index in [-0.39, 0.29) is 17.5 Å². The highest BCUT2D eigenvalue weighted by molar-refractivity contribution is 7.89. The Morgan fingerprint density at radius 1 is 1.13 bits per heavy atom. The van der Waals surface area contributed by atoms with E-state index in [4.69, 9.17) is 11.6 Å². The second-order valence-corrected chi connectivity index (χ2v) is 7.82. The third-order valence-corrected chi connectivity index (χ3v) is 5.51. The van der Waals surface area contributed by atoms with Crippen LogP contribution in [0.4, 0.5) is 0 Å². The Kier molecular flexibility index (Phi) is 5.81. The summed E-state index contributed by atoms with van der Waals surface area (Å²) in [5.74, 6) is 0. The number of hydrogen-bond acceptors (Lipinski definition) is 3. The fourth-order valence-corrected chi connectivity index (χ4v) is 3.95. The maximum Gasteiger partial charge on any atom is 0.240 e. The fraction of sp³-hybridized carbons (Fsp3) is 0.294. The molecule has 0 amide bonds. The lowest BCUT2D eigenvalue weighted by atomic mass is 10.1. The molecule has 0 unspecified atom stereocenters. The molecule has 0 aliphatic carbocycles. The Bertz CT molecular complexity index is 761. The zero-order valence-electron chi connectivity index (χ0n) is 13.5. The lowest BCUT2D eigenvalue weighted by molar-refractivity contribution is 0.299. The summed E-state index contributed by atoms with van der Waals surface area (Å²) >= 11 is 5.93. The minimum absolute atomic E-state index is 0.0505. The van der Waals surface area contributed by atoms with E-state index < -0.39 is 10.0 Å². The molecule has 0 spiro atoms. The molecule has 6 heteroatoms. The largest absolute Gasteiger partial charge is 0.301 e. The van der Waals surface area contributed by atoms with Crippen LogP contribution in [0.15, 0.2) is 53.4 Å². The number of halogens is 1. The first-order valence-corrected chi connectivity index (χ1v) is 9.14. The van der Waals surface area contributed by atoms with Crippen molar-refractivity contribution in [1.82, 2.24) is 9.62 Å². The van der Waals surface area contributed by atoms with Gasteiger partial charge in [-0.15, -0.1) is 0 Å². The van der Waals surface area contributed by atoms with Crippen molar-refractivity contribution in [3.8, 4) is 0 Å². The maximum absolute atomic E-state index is 12.6. The number of nitrogens with one attached hydrogen (secondary N) is 1. The van der Waals surface area contributed by atoms with E-state index >= 15 is 0 Å². The summed E-state index contributed by atoms with van der Waals surface area (Å²) in [5.41, 5.74) is 1.73. The van der Waals surface area contributed by atoms with Crippen LogP contribution in [0.2, 0.25) is 5.02 Å². The molecule has 0 fully saturated rings. The van der Waals surface area contributed by atoms with Gasteiger partial charge in [-0.1, -0.05) is 48.0 Å². The minimum Gasteiger partial charge on any atom is -0.301 e. The third-order valence-electron chi connectivity index (χ3n) is 3.71. The van der Waals surface area contributed by atoms with Crippen LogP contribution >= 0.6 is 11.6 Å². The number of benzene rings is 2. The first kappa shape index (κ1) is 17.9. The zero-order valence-corrected chi connectivity index (χ0v) is 15.0. The van der Waals surface area contributed by atoms with Gasteiger partial charge in [0.2, 0.25) is 10.0 Å². The van der Waals surface area contributed by atoms with Gasteiger partial charge < -0.3 is 4.90 Å². The van der Waals surface area contributed by atoms with E-state index in [2.05, 4.69) is 4.72 Å². The molecule has 1 atom stereocenters. The van der Waals surface area contributed by atoms with Crippen molar-refractivity contribution in [2.75, 3.05) is 20.6 Å². The van der Waals surface area contributed by atoms with Gasteiger partial charge in [0.15, 0.2) is 0 Å². The Hall–Kier alpha value is -1.40. The summed E-state index contributed by atoms with van der Waals surface area (Å²) in [6, 6.07) is 14.6. The van der Waals surface area contributed by atoms with Gasteiger partial charge in [0, 0.05) is 17.6 Å². The number of nitrogens with zero attached hydrogens (tertiary/aromatic N) is 1.